The molecular weight excluding hydrogens is 521 g/mol. The van der Waals surface area contributed by atoms with Gasteiger partial charge in [-0.05, 0) is 60.7 Å². The van der Waals surface area contributed by atoms with E-state index < -0.39 is 16.1 Å². The molecule has 1 aliphatic heterocycles. The van der Waals surface area contributed by atoms with Crippen LogP contribution in [0.25, 0.3) is 11.5 Å². The number of aromatic nitrogens is 2. The maximum atomic E-state index is 13.6. The van der Waals surface area contributed by atoms with Crippen molar-refractivity contribution in [2.24, 2.45) is 5.92 Å². The number of hydrogen-bond donors (Lipinski definition) is 2. The Morgan fingerprint density at radius 3 is 2.74 bits per heavy atom. The molecule has 2 N–H and O–H groups in total. The Morgan fingerprint density at radius 1 is 1.15 bits per heavy atom. The van der Waals surface area contributed by atoms with E-state index in [-0.39, 0.29) is 28.4 Å². The highest BCUT2D eigenvalue weighted by atomic mass is 32.2. The van der Waals surface area contributed by atoms with Gasteiger partial charge in [-0.25, -0.2) is 12.8 Å². The Balaban J connectivity index is 1.27. The first-order chi connectivity index (χ1) is 18.8. The zero-order chi connectivity index (χ0) is 27.4. The van der Waals surface area contributed by atoms with Crippen molar-refractivity contribution in [2.45, 2.75) is 62.8 Å². The summed E-state index contributed by atoms with van der Waals surface area (Å²) in [4.78, 5) is 15.5. The van der Waals surface area contributed by atoms with E-state index in [1.54, 1.807) is 31.2 Å². The van der Waals surface area contributed by atoms with Gasteiger partial charge in [-0.2, -0.15) is 4.72 Å². The van der Waals surface area contributed by atoms with E-state index in [1.807, 2.05) is 0 Å². The van der Waals surface area contributed by atoms with Crippen LogP contribution in [-0.4, -0.2) is 50.2 Å². The van der Waals surface area contributed by atoms with Crippen LogP contribution >= 0.6 is 0 Å². The first kappa shape index (κ1) is 27.3. The SMILES string of the molecule is Cc1nnc(-c2cccc(S(=O)(=O)N[C@@H](CC3CCCCC3)C(=O)NCCN3CCc4cc(F)ccc43)c2)o1. The number of fused-ring (bicyclic) bond motifs is 1. The molecule has 1 aromatic heterocycles. The molecule has 9 nitrogen and oxygen atoms in total. The van der Waals surface area contributed by atoms with Crippen LogP contribution in [0.5, 0.6) is 0 Å². The summed E-state index contributed by atoms with van der Waals surface area (Å²) in [7, 11) is -4.01. The van der Waals surface area contributed by atoms with Gasteiger partial charge in [0.15, 0.2) is 0 Å². The van der Waals surface area contributed by atoms with Gasteiger partial charge in [0.1, 0.15) is 11.9 Å². The summed E-state index contributed by atoms with van der Waals surface area (Å²) in [6.45, 7) is 3.32. The quantitative estimate of drug-likeness (QED) is 0.389. The standard InChI is InChI=1S/C28H34FN5O4S/c1-19-31-32-28(38-19)22-8-5-9-24(18-22)39(36,37)33-25(16-20-6-3-2-4-7-20)27(35)30-13-15-34-14-12-21-17-23(29)10-11-26(21)34/h5,8-11,17-18,20,25,33H,2-4,6-7,12-16H2,1H3,(H,30,35)/t25-/m0/s1. The van der Waals surface area contributed by atoms with Gasteiger partial charge in [-0.1, -0.05) is 38.2 Å². The molecule has 0 radical (unpaired) electrons. The summed E-state index contributed by atoms with van der Waals surface area (Å²) in [5.41, 5.74) is 2.42. The van der Waals surface area contributed by atoms with Gasteiger partial charge in [-0.3, -0.25) is 4.79 Å². The van der Waals surface area contributed by atoms with Crippen LogP contribution in [0.3, 0.4) is 0 Å². The third kappa shape index (κ3) is 6.65. The van der Waals surface area contributed by atoms with E-state index >= 15 is 0 Å². The average Bonchev–Trinajstić information content (AvgIpc) is 3.54. The fraction of sp³-hybridized carbons (Fsp3) is 0.464. The number of halogens is 1. The molecule has 1 aliphatic carbocycles. The fourth-order valence-corrected chi connectivity index (χ4v) is 6.79. The third-order valence-corrected chi connectivity index (χ3v) is 9.01. The number of hydrogen-bond acceptors (Lipinski definition) is 7. The summed E-state index contributed by atoms with van der Waals surface area (Å²) >= 11 is 0. The number of nitrogens with one attached hydrogen (secondary N) is 2. The smallest absolute Gasteiger partial charge is 0.247 e. The number of carbonyl (C=O) groups excluding carboxylic acids is 1. The Bertz CT molecular complexity index is 1420. The van der Waals surface area contributed by atoms with Crippen LogP contribution in [-0.2, 0) is 21.2 Å². The Hall–Kier alpha value is -3.31. The van der Waals surface area contributed by atoms with E-state index in [9.17, 15) is 17.6 Å². The number of benzene rings is 2. The highest BCUT2D eigenvalue weighted by molar-refractivity contribution is 7.89. The zero-order valence-electron chi connectivity index (χ0n) is 22.0. The van der Waals surface area contributed by atoms with E-state index in [1.165, 1.54) is 24.6 Å². The van der Waals surface area contributed by atoms with Gasteiger partial charge in [0.25, 0.3) is 0 Å². The molecule has 0 unspecified atom stereocenters. The summed E-state index contributed by atoms with van der Waals surface area (Å²) in [6.07, 6.45) is 6.52. The van der Waals surface area contributed by atoms with Gasteiger partial charge in [0.05, 0.1) is 4.90 Å². The molecule has 11 heteroatoms. The van der Waals surface area contributed by atoms with Crippen molar-refractivity contribution in [2.75, 3.05) is 24.5 Å². The summed E-state index contributed by atoms with van der Waals surface area (Å²) < 4.78 is 48.5. The van der Waals surface area contributed by atoms with Crippen molar-refractivity contribution in [3.05, 3.63) is 59.7 Å². The van der Waals surface area contributed by atoms with Gasteiger partial charge in [0, 0.05) is 37.8 Å². The molecule has 0 bridgehead atoms. The molecule has 1 atom stereocenters. The lowest BCUT2D eigenvalue weighted by Crippen LogP contribution is -2.49. The topological polar surface area (TPSA) is 117 Å². The molecule has 1 amide bonds. The Morgan fingerprint density at radius 2 is 1.97 bits per heavy atom. The van der Waals surface area contributed by atoms with Gasteiger partial charge >= 0.3 is 0 Å². The molecule has 0 spiro atoms. The van der Waals surface area contributed by atoms with Crippen LogP contribution in [0.15, 0.2) is 51.8 Å². The van der Waals surface area contributed by atoms with E-state index in [2.05, 4.69) is 25.1 Å². The minimum Gasteiger partial charge on any atom is -0.421 e. The Labute approximate surface area is 228 Å². The monoisotopic (exact) mass is 555 g/mol. The van der Waals surface area contributed by atoms with Crippen molar-refractivity contribution in [1.29, 1.82) is 0 Å². The second kappa shape index (κ2) is 11.8. The second-order valence-corrected chi connectivity index (χ2v) is 12.1. The molecule has 208 valence electrons. The average molecular weight is 556 g/mol. The molecule has 3 aromatic rings. The largest absolute Gasteiger partial charge is 0.421 e. The highest BCUT2D eigenvalue weighted by Crippen LogP contribution is 2.29. The van der Waals surface area contributed by atoms with Crippen LogP contribution in [0.1, 0.15) is 50.0 Å². The minimum absolute atomic E-state index is 0.0261. The molecule has 2 heterocycles. The first-order valence-corrected chi connectivity index (χ1v) is 15.0. The molecule has 5 rings (SSSR count). The number of sulfonamides is 1. The van der Waals surface area contributed by atoms with Gasteiger partial charge in [0.2, 0.25) is 27.7 Å². The van der Waals surface area contributed by atoms with Crippen molar-refractivity contribution >= 4 is 21.6 Å². The summed E-state index contributed by atoms with van der Waals surface area (Å²) in [5.74, 6) is 0.300. The number of carbonyl (C=O) groups is 1. The highest BCUT2D eigenvalue weighted by Gasteiger charge is 2.30. The predicted octanol–water partition coefficient (Wildman–Crippen LogP) is 3.98. The molecule has 0 saturated heterocycles. The van der Waals surface area contributed by atoms with Crippen LogP contribution in [0, 0.1) is 18.7 Å². The van der Waals surface area contributed by atoms with Crippen molar-refractivity contribution < 1.29 is 22.0 Å². The van der Waals surface area contributed by atoms with E-state index in [0.29, 0.717) is 31.0 Å². The van der Waals surface area contributed by atoms with E-state index in [0.717, 1.165) is 49.9 Å². The van der Waals surface area contributed by atoms with Crippen LogP contribution in [0.2, 0.25) is 0 Å². The lowest BCUT2D eigenvalue weighted by atomic mass is 9.85. The minimum atomic E-state index is -4.01. The molecule has 2 aromatic carbocycles. The maximum Gasteiger partial charge on any atom is 0.247 e. The van der Waals surface area contributed by atoms with Crippen LogP contribution in [0.4, 0.5) is 10.1 Å². The predicted molar refractivity (Wildman–Crippen MR) is 145 cm³/mol. The number of rotatable bonds is 10. The van der Waals surface area contributed by atoms with Gasteiger partial charge in [-0.15, -0.1) is 10.2 Å². The van der Waals surface area contributed by atoms with Gasteiger partial charge < -0.3 is 14.6 Å². The molecule has 39 heavy (non-hydrogen) atoms. The zero-order valence-corrected chi connectivity index (χ0v) is 22.8. The Kier molecular flexibility index (Phi) is 8.27. The normalized spacial score (nSPS) is 16.7. The fourth-order valence-electron chi connectivity index (χ4n) is 5.54. The second-order valence-electron chi connectivity index (χ2n) is 10.4. The maximum absolute atomic E-state index is 13.6. The number of nitrogens with zero attached hydrogens (tertiary/aromatic N) is 3. The van der Waals surface area contributed by atoms with E-state index in [4.69, 9.17) is 4.42 Å². The summed E-state index contributed by atoms with van der Waals surface area (Å²) in [6, 6.07) is 10.1. The molecule has 1 saturated carbocycles. The first-order valence-electron chi connectivity index (χ1n) is 13.5. The van der Waals surface area contributed by atoms with Crippen LogP contribution < -0.4 is 14.9 Å². The van der Waals surface area contributed by atoms with Crippen molar-refractivity contribution in [3.8, 4) is 11.5 Å². The van der Waals surface area contributed by atoms with Crippen molar-refractivity contribution in [1.82, 2.24) is 20.2 Å². The van der Waals surface area contributed by atoms with Crippen molar-refractivity contribution in [3.63, 3.8) is 0 Å². The number of aryl methyl sites for hydroxylation is 1. The third-order valence-electron chi connectivity index (χ3n) is 7.54. The summed E-state index contributed by atoms with van der Waals surface area (Å²) in [5, 5.41) is 10.7. The lowest BCUT2D eigenvalue weighted by Gasteiger charge is -2.27. The lowest BCUT2D eigenvalue weighted by molar-refractivity contribution is -0.123. The molecule has 2 aliphatic rings. The molecule has 1 fully saturated rings. The number of anilines is 1. The molecular formula is C28H34FN5O4S. The number of amides is 1.